The quantitative estimate of drug-likeness (QED) is 0.186. The molecular weight excluding hydrogens is 498 g/mol. The average Bonchev–Trinajstić information content (AvgIpc) is 2.98. The van der Waals surface area contributed by atoms with Gasteiger partial charge in [0.05, 0.1) is 32.8 Å². The van der Waals surface area contributed by atoms with Crippen molar-refractivity contribution in [1.29, 1.82) is 0 Å². The lowest BCUT2D eigenvalue weighted by molar-refractivity contribution is 0.324. The molecule has 4 rings (SSSR count). The minimum atomic E-state index is 0.283. The van der Waals surface area contributed by atoms with E-state index < -0.39 is 0 Å². The molecule has 0 bridgehead atoms. The van der Waals surface area contributed by atoms with Crippen molar-refractivity contribution in [2.24, 2.45) is 10.2 Å². The van der Waals surface area contributed by atoms with Crippen molar-refractivity contribution in [1.82, 2.24) is 19.9 Å². The van der Waals surface area contributed by atoms with Crippen LogP contribution in [0.4, 0.5) is 23.3 Å². The van der Waals surface area contributed by atoms with E-state index in [9.17, 15) is 0 Å². The Bertz CT molecular complexity index is 1360. The second kappa shape index (κ2) is 12.8. The first-order valence-electron chi connectivity index (χ1n) is 11.9. The molecule has 0 fully saturated rings. The fourth-order valence-corrected chi connectivity index (χ4v) is 3.50. The van der Waals surface area contributed by atoms with E-state index in [1.807, 2.05) is 38.1 Å². The minimum absolute atomic E-state index is 0.283. The maximum absolute atomic E-state index is 5.46. The predicted molar refractivity (Wildman–Crippen MR) is 152 cm³/mol. The number of hydrogen-bond acceptors (Lipinski definition) is 12. The van der Waals surface area contributed by atoms with Gasteiger partial charge in [-0.2, -0.15) is 20.2 Å². The zero-order chi connectivity index (χ0) is 27.6. The summed E-state index contributed by atoms with van der Waals surface area (Å²) in [7, 11) is 4.65. The van der Waals surface area contributed by atoms with Crippen molar-refractivity contribution in [3.63, 3.8) is 0 Å². The van der Waals surface area contributed by atoms with Crippen LogP contribution in [0.2, 0.25) is 0 Å². The largest absolute Gasteiger partial charge is 0.493 e. The third kappa shape index (κ3) is 6.95. The molecule has 0 saturated carbocycles. The molecule has 3 heterocycles. The summed E-state index contributed by atoms with van der Waals surface area (Å²) in [5, 5.41) is 12.1. The highest BCUT2D eigenvalue weighted by Gasteiger charge is 2.14. The third-order valence-corrected chi connectivity index (χ3v) is 5.52. The molecule has 3 aromatic heterocycles. The van der Waals surface area contributed by atoms with Crippen molar-refractivity contribution >= 4 is 34.7 Å². The smallest absolute Gasteiger partial charge is 0.231 e. The standard InChI is InChI=1S/C27H29N9O3/c1-17(19-6-10-28-11-7-19)33-35-24-16-25(36-34-18(2)20-8-12-29-13-9-20)32-27(31-24)30-21-14-22(37-3)26(39-5)23(15-21)38-4/h6-16H,1-5H3,(H3,30,31,32,35,36). The zero-order valence-electron chi connectivity index (χ0n) is 22.3. The first kappa shape index (κ1) is 26.8. The summed E-state index contributed by atoms with van der Waals surface area (Å²) in [4.78, 5) is 17.2. The fraction of sp³-hybridized carbons (Fsp3) is 0.185. The van der Waals surface area contributed by atoms with Crippen LogP contribution in [0.25, 0.3) is 0 Å². The molecule has 0 aliphatic carbocycles. The molecule has 0 spiro atoms. The van der Waals surface area contributed by atoms with Crippen molar-refractivity contribution in [3.05, 3.63) is 78.4 Å². The van der Waals surface area contributed by atoms with Crippen LogP contribution in [-0.2, 0) is 0 Å². The summed E-state index contributed by atoms with van der Waals surface area (Å²) in [6, 6.07) is 12.7. The normalized spacial score (nSPS) is 11.5. The summed E-state index contributed by atoms with van der Waals surface area (Å²) in [5.74, 6) is 2.61. The van der Waals surface area contributed by atoms with Gasteiger partial charge in [-0.25, -0.2) is 0 Å². The lowest BCUT2D eigenvalue weighted by atomic mass is 10.2. The second-order valence-electron chi connectivity index (χ2n) is 8.09. The molecule has 0 saturated heterocycles. The van der Waals surface area contributed by atoms with Gasteiger partial charge < -0.3 is 19.5 Å². The number of anilines is 4. The van der Waals surface area contributed by atoms with Crippen molar-refractivity contribution in [2.45, 2.75) is 13.8 Å². The summed E-state index contributed by atoms with van der Waals surface area (Å²) < 4.78 is 16.3. The van der Waals surface area contributed by atoms with E-state index in [0.29, 0.717) is 34.6 Å². The highest BCUT2D eigenvalue weighted by Crippen LogP contribution is 2.40. The summed E-state index contributed by atoms with van der Waals surface area (Å²) in [6.45, 7) is 3.78. The van der Waals surface area contributed by atoms with E-state index in [0.717, 1.165) is 22.6 Å². The third-order valence-electron chi connectivity index (χ3n) is 5.52. The summed E-state index contributed by atoms with van der Waals surface area (Å²) in [5.41, 5.74) is 10.0. The lowest BCUT2D eigenvalue weighted by Crippen LogP contribution is -2.07. The number of aromatic nitrogens is 4. The number of hydrazone groups is 2. The number of rotatable bonds is 11. The molecule has 12 nitrogen and oxygen atoms in total. The molecular formula is C27H29N9O3. The van der Waals surface area contributed by atoms with Crippen LogP contribution < -0.4 is 30.4 Å². The Morgan fingerprint density at radius 1 is 0.667 bits per heavy atom. The van der Waals surface area contributed by atoms with Crippen LogP contribution in [0.3, 0.4) is 0 Å². The molecule has 3 N–H and O–H groups in total. The highest BCUT2D eigenvalue weighted by molar-refractivity contribution is 5.99. The molecule has 0 atom stereocenters. The molecule has 1 aromatic carbocycles. The van der Waals surface area contributed by atoms with Gasteiger partial charge in [0.25, 0.3) is 0 Å². The van der Waals surface area contributed by atoms with Gasteiger partial charge in [0, 0.05) is 59.8 Å². The summed E-state index contributed by atoms with van der Waals surface area (Å²) >= 11 is 0. The Morgan fingerprint density at radius 2 is 1.13 bits per heavy atom. The first-order valence-corrected chi connectivity index (χ1v) is 11.9. The zero-order valence-corrected chi connectivity index (χ0v) is 22.3. The van der Waals surface area contributed by atoms with Gasteiger partial charge in [0.15, 0.2) is 23.1 Å². The number of methoxy groups -OCH3 is 3. The van der Waals surface area contributed by atoms with Crippen LogP contribution in [0.1, 0.15) is 25.0 Å². The summed E-state index contributed by atoms with van der Waals surface area (Å²) in [6.07, 6.45) is 6.85. The first-order chi connectivity index (χ1) is 19.0. The van der Waals surface area contributed by atoms with E-state index in [1.54, 1.807) is 64.3 Å². The van der Waals surface area contributed by atoms with Crippen LogP contribution in [0, 0.1) is 0 Å². The number of ether oxygens (including phenoxy) is 3. The van der Waals surface area contributed by atoms with Crippen LogP contribution in [0.15, 0.2) is 77.5 Å². The van der Waals surface area contributed by atoms with Crippen molar-refractivity contribution in [2.75, 3.05) is 37.5 Å². The molecule has 0 amide bonds. The molecule has 200 valence electrons. The Labute approximate surface area is 226 Å². The van der Waals surface area contributed by atoms with Crippen LogP contribution in [-0.4, -0.2) is 52.7 Å². The number of hydrogen-bond donors (Lipinski definition) is 3. The number of benzene rings is 1. The predicted octanol–water partition coefficient (Wildman–Crippen LogP) is 4.71. The molecule has 39 heavy (non-hydrogen) atoms. The minimum Gasteiger partial charge on any atom is -0.493 e. The Kier molecular flexibility index (Phi) is 8.80. The van der Waals surface area contributed by atoms with Gasteiger partial charge in [-0.3, -0.25) is 20.8 Å². The van der Waals surface area contributed by atoms with E-state index in [4.69, 9.17) is 14.2 Å². The average molecular weight is 528 g/mol. The topological polar surface area (TPSA) is 140 Å². The van der Waals surface area contributed by atoms with E-state index in [-0.39, 0.29) is 5.95 Å². The van der Waals surface area contributed by atoms with Crippen LogP contribution >= 0.6 is 0 Å². The van der Waals surface area contributed by atoms with Gasteiger partial charge in [-0.05, 0) is 38.1 Å². The van der Waals surface area contributed by atoms with Gasteiger partial charge >= 0.3 is 0 Å². The van der Waals surface area contributed by atoms with Gasteiger partial charge in [0.2, 0.25) is 11.7 Å². The van der Waals surface area contributed by atoms with Gasteiger partial charge in [-0.15, -0.1) is 0 Å². The molecule has 0 aliphatic rings. The SMILES string of the molecule is COc1cc(Nc2nc(NN=C(C)c3ccncc3)cc(NN=C(C)c3ccncc3)n2)cc(OC)c1OC. The van der Waals surface area contributed by atoms with Crippen molar-refractivity contribution in [3.8, 4) is 17.2 Å². The molecule has 0 aliphatic heterocycles. The molecule has 0 unspecified atom stereocenters. The molecule has 0 radical (unpaired) electrons. The Hall–Kier alpha value is -5.26. The fourth-order valence-electron chi connectivity index (χ4n) is 3.50. The Balaban J connectivity index is 1.66. The highest BCUT2D eigenvalue weighted by atomic mass is 16.5. The van der Waals surface area contributed by atoms with Gasteiger partial charge in [-0.1, -0.05) is 0 Å². The molecule has 4 aromatic rings. The monoisotopic (exact) mass is 527 g/mol. The van der Waals surface area contributed by atoms with E-state index >= 15 is 0 Å². The number of nitrogens with zero attached hydrogens (tertiary/aromatic N) is 6. The molecule has 12 heteroatoms. The van der Waals surface area contributed by atoms with E-state index in [1.165, 1.54) is 0 Å². The van der Waals surface area contributed by atoms with Crippen molar-refractivity contribution < 1.29 is 14.2 Å². The number of pyridine rings is 2. The Morgan fingerprint density at radius 3 is 1.54 bits per heavy atom. The van der Waals surface area contributed by atoms with Crippen LogP contribution in [0.5, 0.6) is 17.2 Å². The van der Waals surface area contributed by atoms with E-state index in [2.05, 4.69) is 46.3 Å². The number of nitrogens with one attached hydrogen (secondary N) is 3. The lowest BCUT2D eigenvalue weighted by Gasteiger charge is -2.15. The van der Waals surface area contributed by atoms with Gasteiger partial charge in [0.1, 0.15) is 0 Å². The maximum atomic E-state index is 5.46. The second-order valence-corrected chi connectivity index (χ2v) is 8.09. The maximum Gasteiger partial charge on any atom is 0.231 e.